The minimum absolute atomic E-state index is 0.0935. The van der Waals surface area contributed by atoms with Crippen LogP contribution in [0.15, 0.2) is 24.3 Å². The molecule has 1 saturated heterocycles. The van der Waals surface area contributed by atoms with E-state index in [1.165, 1.54) is 0 Å². The predicted octanol–water partition coefficient (Wildman–Crippen LogP) is 2.28. The van der Waals surface area contributed by atoms with E-state index in [0.717, 1.165) is 24.1 Å². The maximum atomic E-state index is 12.0. The van der Waals surface area contributed by atoms with Crippen LogP contribution in [0.25, 0.3) is 0 Å². The van der Waals surface area contributed by atoms with Crippen LogP contribution in [0, 0.1) is 0 Å². The molecule has 1 heterocycles. The summed E-state index contributed by atoms with van der Waals surface area (Å²) in [5.41, 5.74) is 7.53. The summed E-state index contributed by atoms with van der Waals surface area (Å²) in [6.07, 6.45) is 2.92. The molecule has 20 heavy (non-hydrogen) atoms. The molecule has 3 N–H and O–H groups in total. The van der Waals surface area contributed by atoms with Crippen molar-refractivity contribution in [3.05, 3.63) is 29.8 Å². The van der Waals surface area contributed by atoms with E-state index in [1.807, 2.05) is 24.3 Å². The molecule has 1 aromatic rings. The SMILES string of the molecule is CC1(C)CC(NC(=O)CCc2ccccc2N)CCO1. The van der Waals surface area contributed by atoms with Gasteiger partial charge < -0.3 is 15.8 Å². The van der Waals surface area contributed by atoms with Gasteiger partial charge in [-0.1, -0.05) is 18.2 Å². The number of nitrogen functional groups attached to an aromatic ring is 1. The number of ether oxygens (including phenoxy) is 1. The standard InChI is InChI=1S/C16H24N2O2/c1-16(2)11-13(9-10-20-16)18-15(19)8-7-12-5-3-4-6-14(12)17/h3-6,13H,7-11,17H2,1-2H3,(H,18,19). The number of aryl methyl sites for hydroxylation is 1. The predicted molar refractivity (Wildman–Crippen MR) is 80.4 cm³/mol. The highest BCUT2D eigenvalue weighted by molar-refractivity contribution is 5.76. The average Bonchev–Trinajstić information content (AvgIpc) is 2.36. The van der Waals surface area contributed by atoms with Crippen LogP contribution in [-0.2, 0) is 16.0 Å². The number of para-hydroxylation sites is 1. The highest BCUT2D eigenvalue weighted by Gasteiger charge is 2.29. The zero-order valence-electron chi connectivity index (χ0n) is 12.3. The highest BCUT2D eigenvalue weighted by Crippen LogP contribution is 2.24. The van der Waals surface area contributed by atoms with Crippen molar-refractivity contribution in [1.82, 2.24) is 5.32 Å². The molecule has 110 valence electrons. The Labute approximate surface area is 120 Å². The summed E-state index contributed by atoms with van der Waals surface area (Å²) in [6, 6.07) is 7.92. The number of carbonyl (C=O) groups excluding carboxylic acids is 1. The van der Waals surface area contributed by atoms with Crippen molar-refractivity contribution in [3.63, 3.8) is 0 Å². The molecule has 0 radical (unpaired) electrons. The van der Waals surface area contributed by atoms with Gasteiger partial charge in [0.15, 0.2) is 0 Å². The Morgan fingerprint density at radius 3 is 2.90 bits per heavy atom. The third kappa shape index (κ3) is 4.23. The van der Waals surface area contributed by atoms with Crippen LogP contribution in [-0.4, -0.2) is 24.2 Å². The van der Waals surface area contributed by atoms with Gasteiger partial charge in [-0.3, -0.25) is 4.79 Å². The number of hydrogen-bond acceptors (Lipinski definition) is 3. The molecule has 1 aliphatic heterocycles. The zero-order valence-corrected chi connectivity index (χ0v) is 12.3. The van der Waals surface area contributed by atoms with Crippen molar-refractivity contribution in [1.29, 1.82) is 0 Å². The first-order valence-electron chi connectivity index (χ1n) is 7.23. The lowest BCUT2D eigenvalue weighted by Gasteiger charge is -2.35. The lowest BCUT2D eigenvalue weighted by molar-refractivity contribution is -0.124. The second kappa shape index (κ2) is 6.27. The molecule has 1 amide bonds. The smallest absolute Gasteiger partial charge is 0.220 e. The van der Waals surface area contributed by atoms with Gasteiger partial charge in [0, 0.05) is 24.8 Å². The maximum Gasteiger partial charge on any atom is 0.220 e. The maximum absolute atomic E-state index is 12.0. The first-order valence-corrected chi connectivity index (χ1v) is 7.23. The number of nitrogens with one attached hydrogen (secondary N) is 1. The van der Waals surface area contributed by atoms with E-state index in [1.54, 1.807) is 0 Å². The Bertz CT molecular complexity index is 471. The van der Waals surface area contributed by atoms with Crippen LogP contribution < -0.4 is 11.1 Å². The molecule has 0 saturated carbocycles. The molecule has 1 atom stereocenters. The third-order valence-corrected chi connectivity index (χ3v) is 3.74. The molecule has 1 aliphatic rings. The van der Waals surface area contributed by atoms with E-state index in [2.05, 4.69) is 19.2 Å². The van der Waals surface area contributed by atoms with Crippen LogP contribution in [0.2, 0.25) is 0 Å². The van der Waals surface area contributed by atoms with Gasteiger partial charge in [0.05, 0.1) is 5.60 Å². The molecule has 4 heteroatoms. The van der Waals surface area contributed by atoms with Crippen molar-refractivity contribution in [3.8, 4) is 0 Å². The molecule has 0 aromatic heterocycles. The van der Waals surface area contributed by atoms with Gasteiger partial charge in [-0.15, -0.1) is 0 Å². The number of carbonyl (C=O) groups is 1. The number of amides is 1. The van der Waals surface area contributed by atoms with E-state index in [-0.39, 0.29) is 17.6 Å². The fraction of sp³-hybridized carbons (Fsp3) is 0.562. The van der Waals surface area contributed by atoms with Gasteiger partial charge in [0.2, 0.25) is 5.91 Å². The summed E-state index contributed by atoms with van der Waals surface area (Å²) in [4.78, 5) is 12.0. The second-order valence-corrected chi connectivity index (χ2v) is 6.06. The largest absolute Gasteiger partial charge is 0.399 e. The van der Waals surface area contributed by atoms with Crippen LogP contribution >= 0.6 is 0 Å². The third-order valence-electron chi connectivity index (χ3n) is 3.74. The van der Waals surface area contributed by atoms with Gasteiger partial charge in [-0.05, 0) is 44.7 Å². The van der Waals surface area contributed by atoms with Gasteiger partial charge in [0.1, 0.15) is 0 Å². The molecule has 0 aliphatic carbocycles. The van der Waals surface area contributed by atoms with Gasteiger partial charge in [0.25, 0.3) is 0 Å². The Morgan fingerprint density at radius 2 is 2.20 bits per heavy atom. The van der Waals surface area contributed by atoms with Crippen molar-refractivity contribution >= 4 is 11.6 Å². The number of rotatable bonds is 4. The molecule has 1 unspecified atom stereocenters. The van der Waals surface area contributed by atoms with Gasteiger partial charge in [-0.2, -0.15) is 0 Å². The molecule has 1 fully saturated rings. The number of hydrogen-bond donors (Lipinski definition) is 2. The Balaban J connectivity index is 1.80. The van der Waals surface area contributed by atoms with Crippen molar-refractivity contribution < 1.29 is 9.53 Å². The fourth-order valence-corrected chi connectivity index (χ4v) is 2.66. The summed E-state index contributed by atoms with van der Waals surface area (Å²) < 4.78 is 5.65. The Hall–Kier alpha value is -1.55. The van der Waals surface area contributed by atoms with E-state index >= 15 is 0 Å². The number of nitrogens with two attached hydrogens (primary N) is 1. The van der Waals surface area contributed by atoms with Crippen LogP contribution in [0.4, 0.5) is 5.69 Å². The summed E-state index contributed by atoms with van der Waals surface area (Å²) in [5, 5.41) is 3.10. The molecular formula is C16H24N2O2. The molecule has 1 aromatic carbocycles. The number of anilines is 1. The van der Waals surface area contributed by atoms with E-state index in [4.69, 9.17) is 10.5 Å². The molecule has 0 spiro atoms. The monoisotopic (exact) mass is 276 g/mol. The zero-order chi connectivity index (χ0) is 14.6. The summed E-state index contributed by atoms with van der Waals surface area (Å²) in [5.74, 6) is 0.0935. The lowest BCUT2D eigenvalue weighted by atomic mass is 9.94. The molecule has 4 nitrogen and oxygen atoms in total. The second-order valence-electron chi connectivity index (χ2n) is 6.06. The van der Waals surface area contributed by atoms with Crippen LogP contribution in [0.1, 0.15) is 38.7 Å². The minimum Gasteiger partial charge on any atom is -0.399 e. The normalized spacial score (nSPS) is 21.4. The summed E-state index contributed by atoms with van der Waals surface area (Å²) in [6.45, 7) is 4.84. The minimum atomic E-state index is -0.139. The fourth-order valence-electron chi connectivity index (χ4n) is 2.66. The van der Waals surface area contributed by atoms with E-state index in [9.17, 15) is 4.79 Å². The van der Waals surface area contributed by atoms with Crippen LogP contribution in [0.3, 0.4) is 0 Å². The quantitative estimate of drug-likeness (QED) is 0.829. The Morgan fingerprint density at radius 1 is 1.45 bits per heavy atom. The molecule has 0 bridgehead atoms. The summed E-state index contributed by atoms with van der Waals surface area (Å²) >= 11 is 0. The Kier molecular flexibility index (Phi) is 4.65. The first-order chi connectivity index (χ1) is 9.46. The average molecular weight is 276 g/mol. The molecular weight excluding hydrogens is 252 g/mol. The highest BCUT2D eigenvalue weighted by atomic mass is 16.5. The van der Waals surface area contributed by atoms with Crippen molar-refractivity contribution in [2.24, 2.45) is 0 Å². The molecule has 2 rings (SSSR count). The van der Waals surface area contributed by atoms with Gasteiger partial charge >= 0.3 is 0 Å². The van der Waals surface area contributed by atoms with Crippen molar-refractivity contribution in [2.75, 3.05) is 12.3 Å². The van der Waals surface area contributed by atoms with Gasteiger partial charge in [-0.25, -0.2) is 0 Å². The first kappa shape index (κ1) is 14.9. The van der Waals surface area contributed by atoms with Crippen molar-refractivity contribution in [2.45, 2.75) is 51.2 Å². The van der Waals surface area contributed by atoms with E-state index in [0.29, 0.717) is 19.4 Å². The topological polar surface area (TPSA) is 64.4 Å². The van der Waals surface area contributed by atoms with Crippen LogP contribution in [0.5, 0.6) is 0 Å². The van der Waals surface area contributed by atoms with E-state index < -0.39 is 0 Å². The lowest BCUT2D eigenvalue weighted by Crippen LogP contribution is -2.45. The number of benzene rings is 1. The summed E-state index contributed by atoms with van der Waals surface area (Å²) in [7, 11) is 0.